The van der Waals surface area contributed by atoms with Crippen molar-refractivity contribution in [1.29, 1.82) is 0 Å². The lowest BCUT2D eigenvalue weighted by Gasteiger charge is -2.18. The first-order valence-electron chi connectivity index (χ1n) is 11.8. The minimum absolute atomic E-state index is 0.521. The normalized spacial score (nSPS) is 15.4. The average molecular weight is 383 g/mol. The molecule has 3 nitrogen and oxygen atoms in total. The minimum atomic E-state index is -0.521. The Morgan fingerprint density at radius 1 is 0.704 bits per heavy atom. The maximum atomic E-state index is 5.66. The van der Waals surface area contributed by atoms with E-state index in [0.717, 1.165) is 18.8 Å². The van der Waals surface area contributed by atoms with Crippen LogP contribution in [-0.2, 0) is 14.2 Å². The Kier molecular flexibility index (Phi) is 14.7. The van der Waals surface area contributed by atoms with Crippen LogP contribution in [0.3, 0.4) is 0 Å². The van der Waals surface area contributed by atoms with Crippen LogP contribution in [0.1, 0.15) is 124 Å². The van der Waals surface area contributed by atoms with Gasteiger partial charge in [0.1, 0.15) is 12.9 Å². The molecule has 0 N–H and O–H groups in total. The lowest BCUT2D eigenvalue weighted by atomic mass is 10.0. The predicted molar refractivity (Wildman–Crippen MR) is 115 cm³/mol. The molecule has 0 aromatic heterocycles. The summed E-state index contributed by atoms with van der Waals surface area (Å²) in [5.41, 5.74) is 0. The number of unbranched alkanes of at least 4 members (excludes halogenated alkanes) is 15. The van der Waals surface area contributed by atoms with Gasteiger partial charge in [-0.05, 0) is 6.42 Å². The Hall–Kier alpha value is -0.700. The minimum Gasteiger partial charge on any atom is -0.457 e. The Balaban J connectivity index is 1.69. The first kappa shape index (κ1) is 24.3. The quantitative estimate of drug-likeness (QED) is 0.213. The molecule has 160 valence electrons. The highest BCUT2D eigenvalue weighted by atomic mass is 16.7. The maximum absolute atomic E-state index is 5.66. The van der Waals surface area contributed by atoms with Crippen molar-refractivity contribution in [3.63, 3.8) is 0 Å². The molecule has 1 aliphatic heterocycles. The monoisotopic (exact) mass is 382 g/mol. The van der Waals surface area contributed by atoms with Gasteiger partial charge >= 0.3 is 0 Å². The van der Waals surface area contributed by atoms with Crippen LogP contribution in [0.15, 0.2) is 12.0 Å². The van der Waals surface area contributed by atoms with E-state index in [0.29, 0.717) is 6.61 Å². The first-order valence-corrected chi connectivity index (χ1v) is 11.8. The molecular formula is C24H46O3. The van der Waals surface area contributed by atoms with Gasteiger partial charge in [-0.25, -0.2) is 0 Å². The van der Waals surface area contributed by atoms with Gasteiger partial charge in [0.05, 0.1) is 0 Å². The summed E-state index contributed by atoms with van der Waals surface area (Å²) in [6.45, 7) is 7.46. The molecule has 0 aromatic rings. The van der Waals surface area contributed by atoms with E-state index >= 15 is 0 Å². The SMILES string of the molecule is CCCCCCCCCCCCCCCCCCOCC1=COC(C)(C)O1. The Labute approximate surface area is 169 Å². The fraction of sp³-hybridized carbons (Fsp3) is 0.917. The summed E-state index contributed by atoms with van der Waals surface area (Å²) in [7, 11) is 0. The second-order valence-electron chi connectivity index (χ2n) is 8.56. The Bertz CT molecular complexity index is 363. The van der Waals surface area contributed by atoms with Gasteiger partial charge in [0.15, 0.2) is 5.76 Å². The summed E-state index contributed by atoms with van der Waals surface area (Å²) in [5.74, 6) is 0.281. The lowest BCUT2D eigenvalue weighted by Crippen LogP contribution is -2.20. The van der Waals surface area contributed by atoms with Crippen molar-refractivity contribution in [3.8, 4) is 0 Å². The third kappa shape index (κ3) is 15.0. The molecule has 0 amide bonds. The number of rotatable bonds is 19. The molecular weight excluding hydrogens is 336 g/mol. The van der Waals surface area contributed by atoms with E-state index < -0.39 is 5.79 Å². The molecule has 1 rings (SSSR count). The molecule has 0 fully saturated rings. The fourth-order valence-corrected chi connectivity index (χ4v) is 3.56. The summed E-state index contributed by atoms with van der Waals surface area (Å²) in [5, 5.41) is 0. The molecule has 0 spiro atoms. The highest BCUT2D eigenvalue weighted by Gasteiger charge is 2.27. The first-order chi connectivity index (χ1) is 13.1. The topological polar surface area (TPSA) is 27.7 Å². The molecule has 0 atom stereocenters. The highest BCUT2D eigenvalue weighted by molar-refractivity contribution is 4.95. The third-order valence-corrected chi connectivity index (χ3v) is 5.24. The molecule has 0 unspecified atom stereocenters. The molecule has 0 radical (unpaired) electrons. The van der Waals surface area contributed by atoms with Crippen LogP contribution in [0.5, 0.6) is 0 Å². The van der Waals surface area contributed by atoms with E-state index in [1.54, 1.807) is 6.26 Å². The van der Waals surface area contributed by atoms with E-state index in [1.807, 2.05) is 13.8 Å². The molecule has 1 heterocycles. The largest absolute Gasteiger partial charge is 0.457 e. The highest BCUT2D eigenvalue weighted by Crippen LogP contribution is 2.24. The summed E-state index contributed by atoms with van der Waals surface area (Å²) in [4.78, 5) is 0. The van der Waals surface area contributed by atoms with Crippen LogP contribution in [0.2, 0.25) is 0 Å². The predicted octanol–water partition coefficient (Wildman–Crippen LogP) is 7.89. The van der Waals surface area contributed by atoms with Crippen molar-refractivity contribution in [2.75, 3.05) is 13.2 Å². The van der Waals surface area contributed by atoms with Crippen molar-refractivity contribution in [1.82, 2.24) is 0 Å². The Morgan fingerprint density at radius 2 is 1.15 bits per heavy atom. The van der Waals surface area contributed by atoms with Gasteiger partial charge in [-0.1, -0.05) is 103 Å². The number of hydrogen-bond acceptors (Lipinski definition) is 3. The zero-order valence-electron chi connectivity index (χ0n) is 18.5. The zero-order chi connectivity index (χ0) is 19.6. The van der Waals surface area contributed by atoms with Gasteiger partial charge in [-0.15, -0.1) is 0 Å². The number of hydrogen-bond donors (Lipinski definition) is 0. The average Bonchev–Trinajstić information content (AvgIpc) is 2.99. The molecule has 27 heavy (non-hydrogen) atoms. The molecule has 0 aromatic carbocycles. The molecule has 0 saturated carbocycles. The lowest BCUT2D eigenvalue weighted by molar-refractivity contribution is -0.121. The van der Waals surface area contributed by atoms with Crippen molar-refractivity contribution in [2.45, 2.75) is 129 Å². The van der Waals surface area contributed by atoms with E-state index in [4.69, 9.17) is 14.2 Å². The van der Waals surface area contributed by atoms with Gasteiger partial charge in [-0.2, -0.15) is 0 Å². The maximum Gasteiger partial charge on any atom is 0.244 e. The van der Waals surface area contributed by atoms with Gasteiger partial charge in [0, 0.05) is 20.5 Å². The van der Waals surface area contributed by atoms with Crippen molar-refractivity contribution in [3.05, 3.63) is 12.0 Å². The molecule has 0 bridgehead atoms. The molecule has 0 saturated heterocycles. The Morgan fingerprint density at radius 3 is 1.56 bits per heavy atom. The van der Waals surface area contributed by atoms with Crippen molar-refractivity contribution < 1.29 is 14.2 Å². The summed E-state index contributed by atoms with van der Waals surface area (Å²) < 4.78 is 16.6. The van der Waals surface area contributed by atoms with E-state index in [-0.39, 0.29) is 0 Å². The van der Waals surface area contributed by atoms with Crippen LogP contribution in [-0.4, -0.2) is 19.0 Å². The van der Waals surface area contributed by atoms with Gasteiger partial charge in [0.25, 0.3) is 0 Å². The smallest absolute Gasteiger partial charge is 0.244 e. The summed E-state index contributed by atoms with van der Waals surface area (Å²) in [6, 6.07) is 0. The second-order valence-corrected chi connectivity index (χ2v) is 8.56. The van der Waals surface area contributed by atoms with Crippen molar-refractivity contribution >= 4 is 0 Å². The third-order valence-electron chi connectivity index (χ3n) is 5.24. The fourth-order valence-electron chi connectivity index (χ4n) is 3.56. The molecule has 1 aliphatic rings. The van der Waals surface area contributed by atoms with E-state index in [2.05, 4.69) is 6.92 Å². The molecule has 3 heteroatoms. The van der Waals surface area contributed by atoms with E-state index in [9.17, 15) is 0 Å². The zero-order valence-corrected chi connectivity index (χ0v) is 18.5. The van der Waals surface area contributed by atoms with Crippen molar-refractivity contribution in [2.24, 2.45) is 0 Å². The van der Waals surface area contributed by atoms with E-state index in [1.165, 1.54) is 96.3 Å². The van der Waals surface area contributed by atoms with Crippen LogP contribution in [0.4, 0.5) is 0 Å². The molecule has 0 aliphatic carbocycles. The second kappa shape index (κ2) is 16.3. The van der Waals surface area contributed by atoms with Gasteiger partial charge in [-0.3, -0.25) is 0 Å². The summed E-state index contributed by atoms with van der Waals surface area (Å²) in [6.07, 6.45) is 24.1. The number of ether oxygens (including phenoxy) is 3. The van der Waals surface area contributed by atoms with Gasteiger partial charge in [0.2, 0.25) is 5.79 Å². The van der Waals surface area contributed by atoms with Crippen LogP contribution < -0.4 is 0 Å². The van der Waals surface area contributed by atoms with Crippen LogP contribution >= 0.6 is 0 Å². The van der Waals surface area contributed by atoms with Crippen LogP contribution in [0.25, 0.3) is 0 Å². The summed E-state index contributed by atoms with van der Waals surface area (Å²) >= 11 is 0. The van der Waals surface area contributed by atoms with Crippen LogP contribution in [0, 0.1) is 0 Å². The van der Waals surface area contributed by atoms with Gasteiger partial charge < -0.3 is 14.2 Å². The standard InChI is InChI=1S/C24H46O3/c1-4-5-6-7-8-9-10-11-12-13-14-15-16-17-18-19-20-25-21-23-22-26-24(2,3)27-23/h22H,4-21H2,1-3H3.